The molecule has 1 amide bonds. The molecule has 136 valence electrons. The second kappa shape index (κ2) is 9.11. The van der Waals surface area contributed by atoms with E-state index in [1.807, 2.05) is 0 Å². The van der Waals surface area contributed by atoms with Crippen LogP contribution in [0.5, 0.6) is 11.5 Å². The molecule has 6 nitrogen and oxygen atoms in total. The SMILES string of the molecule is C/C=C/CC(NC(=O)c1ccc(OC2CCCC2)c(OC)c1)C(=O)O. The summed E-state index contributed by atoms with van der Waals surface area (Å²) in [5, 5.41) is 11.7. The van der Waals surface area contributed by atoms with Crippen molar-refractivity contribution in [3.63, 3.8) is 0 Å². The number of carboxylic acids is 1. The van der Waals surface area contributed by atoms with Gasteiger partial charge in [0.05, 0.1) is 13.2 Å². The Bertz CT molecular complexity index is 635. The predicted octanol–water partition coefficient (Wildman–Crippen LogP) is 3.17. The molecule has 0 aromatic heterocycles. The normalized spacial score (nSPS) is 15.9. The molecule has 1 fully saturated rings. The molecule has 2 N–H and O–H groups in total. The highest BCUT2D eigenvalue weighted by molar-refractivity contribution is 5.97. The van der Waals surface area contributed by atoms with Crippen molar-refractivity contribution < 1.29 is 24.2 Å². The van der Waals surface area contributed by atoms with E-state index in [1.54, 1.807) is 37.3 Å². The van der Waals surface area contributed by atoms with Crippen molar-refractivity contribution in [3.05, 3.63) is 35.9 Å². The Labute approximate surface area is 147 Å². The number of aliphatic carboxylic acids is 1. The molecule has 1 saturated carbocycles. The molecule has 1 aliphatic carbocycles. The molecular weight excluding hydrogens is 322 g/mol. The van der Waals surface area contributed by atoms with Crippen LogP contribution in [0.3, 0.4) is 0 Å². The summed E-state index contributed by atoms with van der Waals surface area (Å²) in [6.45, 7) is 1.80. The summed E-state index contributed by atoms with van der Waals surface area (Å²) in [6, 6.07) is 3.93. The van der Waals surface area contributed by atoms with E-state index in [0.717, 1.165) is 25.7 Å². The average molecular weight is 347 g/mol. The molecule has 0 radical (unpaired) electrons. The maximum Gasteiger partial charge on any atom is 0.326 e. The number of hydrogen-bond donors (Lipinski definition) is 2. The van der Waals surface area contributed by atoms with Crippen molar-refractivity contribution in [1.82, 2.24) is 5.32 Å². The third-order valence-electron chi connectivity index (χ3n) is 4.23. The Morgan fingerprint density at radius 1 is 1.32 bits per heavy atom. The van der Waals surface area contributed by atoms with Crippen LogP contribution in [0.2, 0.25) is 0 Å². The summed E-state index contributed by atoms with van der Waals surface area (Å²) in [5.74, 6) is -0.447. The number of ether oxygens (including phenoxy) is 2. The number of carbonyl (C=O) groups excluding carboxylic acids is 1. The van der Waals surface area contributed by atoms with Crippen molar-refractivity contribution in [1.29, 1.82) is 0 Å². The Morgan fingerprint density at radius 3 is 2.64 bits per heavy atom. The molecular formula is C19H25NO5. The summed E-state index contributed by atoms with van der Waals surface area (Å²) in [7, 11) is 1.52. The number of amides is 1. The lowest BCUT2D eigenvalue weighted by atomic mass is 10.1. The first-order valence-corrected chi connectivity index (χ1v) is 8.54. The van der Waals surface area contributed by atoms with Crippen LogP contribution in [-0.2, 0) is 4.79 Å². The van der Waals surface area contributed by atoms with Gasteiger partial charge in [0.1, 0.15) is 6.04 Å². The maximum absolute atomic E-state index is 12.4. The topological polar surface area (TPSA) is 84.9 Å². The zero-order valence-electron chi connectivity index (χ0n) is 14.7. The monoisotopic (exact) mass is 347 g/mol. The fourth-order valence-electron chi connectivity index (χ4n) is 2.83. The van der Waals surface area contributed by atoms with Crippen LogP contribution >= 0.6 is 0 Å². The van der Waals surface area contributed by atoms with Crippen LogP contribution in [0.15, 0.2) is 30.4 Å². The molecule has 1 unspecified atom stereocenters. The lowest BCUT2D eigenvalue weighted by Crippen LogP contribution is -2.40. The standard InChI is InChI=1S/C19H25NO5/c1-3-4-9-15(19(22)23)20-18(21)13-10-11-16(17(12-13)24-2)25-14-7-5-6-8-14/h3-4,10-12,14-15H,5-9H2,1-2H3,(H,20,21)(H,22,23)/b4-3+. The third kappa shape index (κ3) is 5.24. The lowest BCUT2D eigenvalue weighted by molar-refractivity contribution is -0.139. The van der Waals surface area contributed by atoms with Crippen molar-refractivity contribution in [2.75, 3.05) is 7.11 Å². The van der Waals surface area contributed by atoms with Crippen molar-refractivity contribution in [2.45, 2.75) is 51.2 Å². The first-order chi connectivity index (χ1) is 12.0. The highest BCUT2D eigenvalue weighted by Crippen LogP contribution is 2.32. The molecule has 1 aliphatic rings. The second-order valence-electron chi connectivity index (χ2n) is 6.06. The number of methoxy groups -OCH3 is 1. The first kappa shape index (κ1) is 18.8. The Balaban J connectivity index is 2.09. The van der Waals surface area contributed by atoms with Crippen LogP contribution < -0.4 is 14.8 Å². The van der Waals surface area contributed by atoms with Crippen LogP contribution in [-0.4, -0.2) is 36.2 Å². The van der Waals surface area contributed by atoms with Gasteiger partial charge < -0.3 is 19.9 Å². The number of carboxylic acid groups (broad SMARTS) is 1. The Morgan fingerprint density at radius 2 is 2.04 bits per heavy atom. The van der Waals surface area contributed by atoms with Crippen molar-refractivity contribution in [2.24, 2.45) is 0 Å². The van der Waals surface area contributed by atoms with Crippen LogP contribution in [0, 0.1) is 0 Å². The van der Waals surface area contributed by atoms with E-state index in [2.05, 4.69) is 5.32 Å². The molecule has 2 rings (SSSR count). The fraction of sp³-hybridized carbons (Fsp3) is 0.474. The molecule has 6 heteroatoms. The molecule has 0 saturated heterocycles. The van der Waals surface area contributed by atoms with Gasteiger partial charge in [-0.3, -0.25) is 4.79 Å². The highest BCUT2D eigenvalue weighted by Gasteiger charge is 2.22. The molecule has 0 bridgehead atoms. The predicted molar refractivity (Wildman–Crippen MR) is 94.2 cm³/mol. The van der Waals surface area contributed by atoms with Crippen LogP contribution in [0.1, 0.15) is 49.4 Å². The van der Waals surface area contributed by atoms with Crippen LogP contribution in [0.25, 0.3) is 0 Å². The van der Waals surface area contributed by atoms with E-state index in [-0.39, 0.29) is 12.5 Å². The number of benzene rings is 1. The summed E-state index contributed by atoms with van der Waals surface area (Å²) in [5.41, 5.74) is 0.336. The third-order valence-corrected chi connectivity index (χ3v) is 4.23. The number of nitrogens with one attached hydrogen (secondary N) is 1. The molecule has 0 aliphatic heterocycles. The largest absolute Gasteiger partial charge is 0.493 e. The van der Waals surface area contributed by atoms with Gasteiger partial charge in [0.15, 0.2) is 11.5 Å². The van der Waals surface area contributed by atoms with Gasteiger partial charge >= 0.3 is 5.97 Å². The minimum absolute atomic E-state index is 0.186. The summed E-state index contributed by atoms with van der Waals surface area (Å²) in [6.07, 6.45) is 8.25. The minimum Gasteiger partial charge on any atom is -0.493 e. The quantitative estimate of drug-likeness (QED) is 0.706. The molecule has 1 aromatic rings. The minimum atomic E-state index is -1.07. The Hall–Kier alpha value is -2.50. The number of allylic oxidation sites excluding steroid dienone is 1. The number of rotatable bonds is 8. The fourth-order valence-corrected chi connectivity index (χ4v) is 2.83. The lowest BCUT2D eigenvalue weighted by Gasteiger charge is -2.17. The van der Waals surface area contributed by atoms with E-state index in [4.69, 9.17) is 9.47 Å². The summed E-state index contributed by atoms with van der Waals surface area (Å²) in [4.78, 5) is 23.6. The van der Waals surface area contributed by atoms with Gasteiger partial charge in [0.25, 0.3) is 5.91 Å². The molecule has 1 atom stereocenters. The molecule has 0 heterocycles. The Kier molecular flexibility index (Phi) is 6.86. The van der Waals surface area contributed by atoms with Gasteiger partial charge in [-0.2, -0.15) is 0 Å². The first-order valence-electron chi connectivity index (χ1n) is 8.54. The zero-order valence-corrected chi connectivity index (χ0v) is 14.7. The van der Waals surface area contributed by atoms with E-state index >= 15 is 0 Å². The van der Waals surface area contributed by atoms with Gasteiger partial charge in [-0.25, -0.2) is 4.79 Å². The van der Waals surface area contributed by atoms with Gasteiger partial charge in [-0.15, -0.1) is 0 Å². The van der Waals surface area contributed by atoms with Gasteiger partial charge in [-0.1, -0.05) is 12.2 Å². The van der Waals surface area contributed by atoms with Gasteiger partial charge in [0.2, 0.25) is 0 Å². The van der Waals surface area contributed by atoms with E-state index in [1.165, 1.54) is 7.11 Å². The molecule has 25 heavy (non-hydrogen) atoms. The van der Waals surface area contributed by atoms with E-state index in [0.29, 0.717) is 17.1 Å². The number of hydrogen-bond acceptors (Lipinski definition) is 4. The summed E-state index contributed by atoms with van der Waals surface area (Å²) >= 11 is 0. The maximum atomic E-state index is 12.4. The molecule has 1 aromatic carbocycles. The average Bonchev–Trinajstić information content (AvgIpc) is 3.11. The van der Waals surface area contributed by atoms with E-state index < -0.39 is 17.9 Å². The van der Waals surface area contributed by atoms with Crippen molar-refractivity contribution in [3.8, 4) is 11.5 Å². The summed E-state index contributed by atoms with van der Waals surface area (Å²) < 4.78 is 11.3. The smallest absolute Gasteiger partial charge is 0.326 e. The second-order valence-corrected chi connectivity index (χ2v) is 6.06. The van der Waals surface area contributed by atoms with Crippen molar-refractivity contribution >= 4 is 11.9 Å². The zero-order chi connectivity index (χ0) is 18.2. The van der Waals surface area contributed by atoms with Crippen LogP contribution in [0.4, 0.5) is 0 Å². The van der Waals surface area contributed by atoms with Gasteiger partial charge in [0, 0.05) is 5.56 Å². The highest BCUT2D eigenvalue weighted by atomic mass is 16.5. The molecule has 0 spiro atoms. The number of carbonyl (C=O) groups is 2. The van der Waals surface area contributed by atoms with E-state index in [9.17, 15) is 14.7 Å². The van der Waals surface area contributed by atoms with Gasteiger partial charge in [-0.05, 0) is 57.2 Å².